The molecule has 0 aromatic carbocycles. The Kier molecular flexibility index (Phi) is 4.11. The molecule has 60 valence electrons. The minimum absolute atomic E-state index is 0.407. The number of allylic oxidation sites excluding steroid dienone is 1. The maximum Gasteiger partial charge on any atom is 0.0145 e. The molecule has 0 amide bonds. The topological polar surface area (TPSA) is 0 Å². The van der Waals surface area contributed by atoms with Crippen LogP contribution in [0.5, 0.6) is 0 Å². The highest BCUT2D eigenvalue weighted by atomic mass is 32.2. The Morgan fingerprint density at radius 3 is 2.20 bits per heavy atom. The van der Waals surface area contributed by atoms with Crippen molar-refractivity contribution in [3.05, 3.63) is 11.6 Å². The van der Waals surface area contributed by atoms with E-state index >= 15 is 0 Å². The van der Waals surface area contributed by atoms with Gasteiger partial charge in [-0.3, -0.25) is 0 Å². The first-order valence-electron chi connectivity index (χ1n) is 3.71. The fraction of sp³-hybridized carbons (Fsp3) is 0.778. The van der Waals surface area contributed by atoms with E-state index in [9.17, 15) is 0 Å². The van der Waals surface area contributed by atoms with E-state index in [-0.39, 0.29) is 0 Å². The van der Waals surface area contributed by atoms with Gasteiger partial charge in [0.15, 0.2) is 0 Å². The van der Waals surface area contributed by atoms with Crippen LogP contribution in [0.1, 0.15) is 34.6 Å². The Morgan fingerprint density at radius 1 is 1.40 bits per heavy atom. The quantitative estimate of drug-likeness (QED) is 0.554. The standard InChI is InChI=1S/C9H18S/c1-6-8(2)7-10-9(3,4)5/h6H,7H2,1-5H3/b8-6+. The normalized spacial score (nSPS) is 13.9. The molecule has 0 nitrogen and oxygen atoms in total. The lowest BCUT2D eigenvalue weighted by atomic mass is 10.3. The Balaban J connectivity index is 3.56. The van der Waals surface area contributed by atoms with Gasteiger partial charge in [-0.05, 0) is 13.8 Å². The lowest BCUT2D eigenvalue weighted by Crippen LogP contribution is -2.08. The second kappa shape index (κ2) is 4.07. The molecule has 0 bridgehead atoms. The third-order valence-electron chi connectivity index (χ3n) is 1.23. The van der Waals surface area contributed by atoms with Crippen LogP contribution in [0.15, 0.2) is 11.6 Å². The first-order valence-corrected chi connectivity index (χ1v) is 4.70. The van der Waals surface area contributed by atoms with Gasteiger partial charge < -0.3 is 0 Å². The summed E-state index contributed by atoms with van der Waals surface area (Å²) in [5, 5.41) is 0. The molecule has 1 heteroatoms. The summed E-state index contributed by atoms with van der Waals surface area (Å²) in [7, 11) is 0. The van der Waals surface area contributed by atoms with Crippen molar-refractivity contribution in [2.24, 2.45) is 0 Å². The smallest absolute Gasteiger partial charge is 0.0145 e. The van der Waals surface area contributed by atoms with Crippen LogP contribution in [-0.2, 0) is 0 Å². The van der Waals surface area contributed by atoms with Gasteiger partial charge >= 0.3 is 0 Å². The zero-order valence-corrected chi connectivity index (χ0v) is 8.51. The predicted octanol–water partition coefficient (Wildman–Crippen LogP) is 3.48. The molecule has 0 spiro atoms. The maximum absolute atomic E-state index is 2.25. The van der Waals surface area contributed by atoms with Crippen molar-refractivity contribution < 1.29 is 0 Å². The summed E-state index contributed by atoms with van der Waals surface area (Å²) < 4.78 is 0.407. The van der Waals surface area contributed by atoms with Crippen molar-refractivity contribution in [2.45, 2.75) is 39.4 Å². The lowest BCUT2D eigenvalue weighted by Gasteiger charge is -2.17. The van der Waals surface area contributed by atoms with Crippen LogP contribution in [0.25, 0.3) is 0 Å². The molecule has 0 rings (SSSR count). The Bertz CT molecular complexity index is 117. The monoisotopic (exact) mass is 158 g/mol. The van der Waals surface area contributed by atoms with Crippen molar-refractivity contribution in [1.29, 1.82) is 0 Å². The Morgan fingerprint density at radius 2 is 1.90 bits per heavy atom. The highest BCUT2D eigenvalue weighted by molar-refractivity contribution is 8.00. The van der Waals surface area contributed by atoms with Crippen LogP contribution >= 0.6 is 11.8 Å². The van der Waals surface area contributed by atoms with Gasteiger partial charge in [-0.25, -0.2) is 0 Å². The molecule has 0 saturated carbocycles. The maximum atomic E-state index is 2.25. The van der Waals surface area contributed by atoms with Crippen molar-refractivity contribution in [3.8, 4) is 0 Å². The highest BCUT2D eigenvalue weighted by Crippen LogP contribution is 2.24. The third-order valence-corrected chi connectivity index (χ3v) is 2.69. The fourth-order valence-corrected chi connectivity index (χ4v) is 1.24. The average molecular weight is 158 g/mol. The molecule has 0 radical (unpaired) electrons. The van der Waals surface area contributed by atoms with Crippen molar-refractivity contribution >= 4 is 11.8 Å². The molecular weight excluding hydrogens is 140 g/mol. The second-order valence-electron chi connectivity index (χ2n) is 3.54. The molecule has 0 saturated heterocycles. The minimum Gasteiger partial charge on any atom is -0.152 e. The first kappa shape index (κ1) is 10.1. The first-order chi connectivity index (χ1) is 4.45. The molecule has 0 N–H and O–H groups in total. The SMILES string of the molecule is C/C=C(\C)CSC(C)(C)C. The molecule has 0 aromatic rings. The van der Waals surface area contributed by atoms with Crippen molar-refractivity contribution in [1.82, 2.24) is 0 Å². The zero-order chi connectivity index (χ0) is 8.20. The van der Waals surface area contributed by atoms with Crippen LogP contribution in [0.2, 0.25) is 0 Å². The van der Waals surface area contributed by atoms with E-state index in [0.29, 0.717) is 4.75 Å². The van der Waals surface area contributed by atoms with E-state index in [0.717, 1.165) is 0 Å². The van der Waals surface area contributed by atoms with Gasteiger partial charge in [-0.1, -0.05) is 32.4 Å². The van der Waals surface area contributed by atoms with Crippen LogP contribution in [0, 0.1) is 0 Å². The van der Waals surface area contributed by atoms with Crippen molar-refractivity contribution in [2.75, 3.05) is 5.75 Å². The molecule has 0 atom stereocenters. The number of rotatable bonds is 2. The largest absolute Gasteiger partial charge is 0.152 e. The fourth-order valence-electron chi connectivity index (χ4n) is 0.414. The predicted molar refractivity (Wildman–Crippen MR) is 51.6 cm³/mol. The lowest BCUT2D eigenvalue weighted by molar-refractivity contribution is 0.804. The Labute approximate surface area is 69.1 Å². The molecule has 0 aliphatic heterocycles. The molecule has 0 aromatic heterocycles. The zero-order valence-electron chi connectivity index (χ0n) is 7.69. The molecule has 0 heterocycles. The van der Waals surface area contributed by atoms with Crippen molar-refractivity contribution in [3.63, 3.8) is 0 Å². The van der Waals surface area contributed by atoms with E-state index in [1.165, 1.54) is 11.3 Å². The molecule has 0 aliphatic rings. The van der Waals surface area contributed by atoms with Gasteiger partial charge in [0.25, 0.3) is 0 Å². The van der Waals surface area contributed by atoms with Gasteiger partial charge in [0.1, 0.15) is 0 Å². The molecule has 0 aliphatic carbocycles. The van der Waals surface area contributed by atoms with Crippen LogP contribution in [0.4, 0.5) is 0 Å². The Hall–Kier alpha value is 0.0900. The summed E-state index contributed by atoms with van der Waals surface area (Å²) in [6.07, 6.45) is 2.18. The number of thioether (sulfide) groups is 1. The average Bonchev–Trinajstić information content (AvgIpc) is 1.81. The summed E-state index contributed by atoms with van der Waals surface area (Å²) in [6, 6.07) is 0. The van der Waals surface area contributed by atoms with E-state index in [1.807, 2.05) is 11.8 Å². The van der Waals surface area contributed by atoms with Gasteiger partial charge in [0, 0.05) is 10.5 Å². The van der Waals surface area contributed by atoms with Crippen LogP contribution in [0.3, 0.4) is 0 Å². The summed E-state index contributed by atoms with van der Waals surface area (Å²) in [5.74, 6) is 1.17. The number of hydrogen-bond donors (Lipinski definition) is 0. The second-order valence-corrected chi connectivity index (χ2v) is 5.34. The van der Waals surface area contributed by atoms with Crippen LogP contribution in [-0.4, -0.2) is 10.5 Å². The van der Waals surface area contributed by atoms with E-state index in [4.69, 9.17) is 0 Å². The summed E-state index contributed by atoms with van der Waals surface area (Å²) in [6.45, 7) is 11.0. The third kappa shape index (κ3) is 6.21. The van der Waals surface area contributed by atoms with Gasteiger partial charge in [-0.15, -0.1) is 0 Å². The van der Waals surface area contributed by atoms with E-state index in [1.54, 1.807) is 0 Å². The number of hydrogen-bond acceptors (Lipinski definition) is 1. The molecular formula is C9H18S. The van der Waals surface area contributed by atoms with Gasteiger partial charge in [-0.2, -0.15) is 11.8 Å². The summed E-state index contributed by atoms with van der Waals surface area (Å²) >= 11 is 2.00. The molecule has 0 fully saturated rings. The highest BCUT2D eigenvalue weighted by Gasteiger charge is 2.09. The molecule has 10 heavy (non-hydrogen) atoms. The van der Waals surface area contributed by atoms with Crippen LogP contribution < -0.4 is 0 Å². The van der Waals surface area contributed by atoms with E-state index < -0.39 is 0 Å². The van der Waals surface area contributed by atoms with E-state index in [2.05, 4.69) is 40.7 Å². The minimum atomic E-state index is 0.407. The van der Waals surface area contributed by atoms with Gasteiger partial charge in [0.2, 0.25) is 0 Å². The molecule has 0 unspecified atom stereocenters. The summed E-state index contributed by atoms with van der Waals surface area (Å²) in [4.78, 5) is 0. The van der Waals surface area contributed by atoms with Gasteiger partial charge in [0.05, 0.1) is 0 Å². The summed E-state index contributed by atoms with van der Waals surface area (Å²) in [5.41, 5.74) is 1.47.